The van der Waals surface area contributed by atoms with Crippen molar-refractivity contribution < 1.29 is 4.79 Å². The van der Waals surface area contributed by atoms with Gasteiger partial charge in [0.15, 0.2) is 0 Å². The van der Waals surface area contributed by atoms with Crippen LogP contribution in [-0.2, 0) is 4.79 Å². The summed E-state index contributed by atoms with van der Waals surface area (Å²) in [7, 11) is 4.16. The number of nitrogens with zero attached hydrogens (tertiary/aromatic N) is 1. The zero-order valence-electron chi connectivity index (χ0n) is 13.9. The number of carbonyl (C=O) groups excluding carboxylic acids is 1. The van der Waals surface area contributed by atoms with Gasteiger partial charge in [0, 0.05) is 18.1 Å². The Bertz CT molecular complexity index is 305. The lowest BCUT2D eigenvalue weighted by molar-refractivity contribution is -0.123. The third kappa shape index (κ3) is 5.59. The second-order valence-corrected chi connectivity index (χ2v) is 6.97. The van der Waals surface area contributed by atoms with Gasteiger partial charge in [-0.2, -0.15) is 0 Å². The van der Waals surface area contributed by atoms with Crippen LogP contribution < -0.4 is 10.6 Å². The Labute approximate surface area is 130 Å². The summed E-state index contributed by atoms with van der Waals surface area (Å²) in [5.41, 5.74) is 0. The average molecular weight is 295 g/mol. The van der Waals surface area contributed by atoms with Gasteiger partial charge in [-0.15, -0.1) is 0 Å². The molecule has 122 valence electrons. The fourth-order valence-electron chi connectivity index (χ4n) is 3.86. The van der Waals surface area contributed by atoms with Crippen LogP contribution in [0.2, 0.25) is 0 Å². The van der Waals surface area contributed by atoms with Crippen molar-refractivity contribution in [2.45, 2.75) is 82.3 Å². The Morgan fingerprint density at radius 1 is 0.952 bits per heavy atom. The highest BCUT2D eigenvalue weighted by molar-refractivity contribution is 5.78. The molecule has 1 amide bonds. The second kappa shape index (κ2) is 8.74. The first-order valence-electron chi connectivity index (χ1n) is 8.86. The van der Waals surface area contributed by atoms with Crippen LogP contribution in [0, 0.1) is 0 Å². The molecule has 0 aromatic rings. The normalized spacial score (nSPS) is 28.3. The van der Waals surface area contributed by atoms with Crippen LogP contribution in [0.15, 0.2) is 0 Å². The quantitative estimate of drug-likeness (QED) is 0.765. The van der Waals surface area contributed by atoms with E-state index in [1.165, 1.54) is 64.2 Å². The molecular weight excluding hydrogens is 262 g/mol. The molecule has 2 aliphatic rings. The average Bonchev–Trinajstić information content (AvgIpc) is 2.75. The van der Waals surface area contributed by atoms with Crippen molar-refractivity contribution in [2.75, 3.05) is 20.6 Å². The van der Waals surface area contributed by atoms with Crippen molar-refractivity contribution in [2.24, 2.45) is 0 Å². The Balaban J connectivity index is 1.69. The van der Waals surface area contributed by atoms with E-state index >= 15 is 0 Å². The lowest BCUT2D eigenvalue weighted by atomic mass is 9.90. The number of likely N-dealkylation sites (N-methyl/N-ethyl adjacent to an activating group) is 1. The molecule has 2 aliphatic carbocycles. The third-order valence-corrected chi connectivity index (χ3v) is 5.34. The Hall–Kier alpha value is -0.610. The smallest absolute Gasteiger partial charge is 0.234 e. The van der Waals surface area contributed by atoms with Crippen LogP contribution >= 0.6 is 0 Å². The van der Waals surface area contributed by atoms with Gasteiger partial charge in [-0.1, -0.05) is 25.7 Å². The summed E-state index contributed by atoms with van der Waals surface area (Å²) < 4.78 is 0. The van der Waals surface area contributed by atoms with Gasteiger partial charge < -0.3 is 10.6 Å². The predicted octanol–water partition coefficient (Wildman–Crippen LogP) is 2.29. The zero-order valence-corrected chi connectivity index (χ0v) is 13.9. The van der Waals surface area contributed by atoms with Gasteiger partial charge in [0.1, 0.15) is 0 Å². The maximum absolute atomic E-state index is 12.2. The summed E-state index contributed by atoms with van der Waals surface area (Å²) in [6.45, 7) is 0.561. The van der Waals surface area contributed by atoms with Crippen molar-refractivity contribution in [3.63, 3.8) is 0 Å². The number of hydrogen-bond acceptors (Lipinski definition) is 3. The van der Waals surface area contributed by atoms with E-state index in [-0.39, 0.29) is 5.91 Å². The zero-order chi connectivity index (χ0) is 15.1. The fourth-order valence-corrected chi connectivity index (χ4v) is 3.86. The molecule has 0 atom stereocenters. The first-order chi connectivity index (χ1) is 10.2. The molecule has 0 aliphatic heterocycles. The van der Waals surface area contributed by atoms with Gasteiger partial charge in [-0.3, -0.25) is 9.69 Å². The molecule has 0 unspecified atom stereocenters. The van der Waals surface area contributed by atoms with Gasteiger partial charge in [-0.05, 0) is 52.6 Å². The van der Waals surface area contributed by atoms with E-state index in [9.17, 15) is 4.79 Å². The summed E-state index contributed by atoms with van der Waals surface area (Å²) in [4.78, 5) is 14.5. The van der Waals surface area contributed by atoms with Gasteiger partial charge in [-0.25, -0.2) is 0 Å². The van der Waals surface area contributed by atoms with Crippen molar-refractivity contribution in [3.8, 4) is 0 Å². The molecule has 0 saturated heterocycles. The SMILES string of the molecule is CNC1CCC(N(C)CC(=O)NC2CCCCCC2)CC1. The highest BCUT2D eigenvalue weighted by atomic mass is 16.2. The standard InChI is InChI=1S/C17H33N3O/c1-18-14-9-11-16(12-10-14)20(2)13-17(21)19-15-7-5-3-4-6-8-15/h14-16,18H,3-13H2,1-2H3,(H,19,21). The van der Waals surface area contributed by atoms with Crippen LogP contribution in [0.4, 0.5) is 0 Å². The van der Waals surface area contributed by atoms with Crippen molar-refractivity contribution in [1.29, 1.82) is 0 Å². The Kier molecular flexibility index (Phi) is 6.97. The summed E-state index contributed by atoms with van der Waals surface area (Å²) in [6, 6.07) is 1.68. The Morgan fingerprint density at radius 3 is 2.14 bits per heavy atom. The van der Waals surface area contributed by atoms with Crippen LogP contribution in [0.5, 0.6) is 0 Å². The summed E-state index contributed by atoms with van der Waals surface area (Å²) in [5.74, 6) is 0.222. The molecule has 2 rings (SSSR count). The minimum absolute atomic E-state index is 0.222. The predicted molar refractivity (Wildman–Crippen MR) is 87.4 cm³/mol. The monoisotopic (exact) mass is 295 g/mol. The van der Waals surface area contributed by atoms with Crippen molar-refractivity contribution >= 4 is 5.91 Å². The molecule has 0 heterocycles. The number of carbonyl (C=O) groups is 1. The first-order valence-corrected chi connectivity index (χ1v) is 8.86. The van der Waals surface area contributed by atoms with Crippen LogP contribution in [0.25, 0.3) is 0 Å². The molecule has 0 radical (unpaired) electrons. The van der Waals surface area contributed by atoms with E-state index < -0.39 is 0 Å². The van der Waals surface area contributed by atoms with Crippen molar-refractivity contribution in [3.05, 3.63) is 0 Å². The van der Waals surface area contributed by atoms with Crippen LogP contribution in [0.1, 0.15) is 64.2 Å². The fraction of sp³-hybridized carbons (Fsp3) is 0.941. The number of rotatable bonds is 5. The molecule has 0 aromatic carbocycles. The van der Waals surface area contributed by atoms with E-state index in [0.29, 0.717) is 24.7 Å². The van der Waals surface area contributed by atoms with E-state index in [1.807, 2.05) is 0 Å². The third-order valence-electron chi connectivity index (χ3n) is 5.34. The molecule has 4 heteroatoms. The van der Waals surface area contributed by atoms with Crippen LogP contribution in [0.3, 0.4) is 0 Å². The molecule has 2 fully saturated rings. The van der Waals surface area contributed by atoms with Crippen LogP contribution in [-0.4, -0.2) is 49.6 Å². The summed E-state index contributed by atoms with van der Waals surface area (Å²) in [6.07, 6.45) is 12.4. The maximum Gasteiger partial charge on any atom is 0.234 e. The minimum atomic E-state index is 0.222. The maximum atomic E-state index is 12.2. The van der Waals surface area contributed by atoms with E-state index in [4.69, 9.17) is 0 Å². The molecule has 4 nitrogen and oxygen atoms in total. The first kappa shape index (κ1) is 16.8. The number of hydrogen-bond donors (Lipinski definition) is 2. The topological polar surface area (TPSA) is 44.4 Å². The Morgan fingerprint density at radius 2 is 1.57 bits per heavy atom. The van der Waals surface area contributed by atoms with Gasteiger partial charge in [0.05, 0.1) is 6.54 Å². The van der Waals surface area contributed by atoms with Gasteiger partial charge >= 0.3 is 0 Å². The molecule has 0 bridgehead atoms. The summed E-state index contributed by atoms with van der Waals surface area (Å²) >= 11 is 0. The van der Waals surface area contributed by atoms with Crippen molar-refractivity contribution in [1.82, 2.24) is 15.5 Å². The molecule has 2 N–H and O–H groups in total. The molecule has 0 aromatic heterocycles. The summed E-state index contributed by atoms with van der Waals surface area (Å²) in [5, 5.41) is 6.62. The largest absolute Gasteiger partial charge is 0.352 e. The highest BCUT2D eigenvalue weighted by Gasteiger charge is 2.24. The molecular formula is C17H33N3O. The van der Waals surface area contributed by atoms with E-state index in [2.05, 4.69) is 29.6 Å². The van der Waals surface area contributed by atoms with Gasteiger partial charge in [0.25, 0.3) is 0 Å². The molecule has 2 saturated carbocycles. The highest BCUT2D eigenvalue weighted by Crippen LogP contribution is 2.22. The lowest BCUT2D eigenvalue weighted by Gasteiger charge is -2.34. The molecule has 0 spiro atoms. The molecule has 21 heavy (non-hydrogen) atoms. The lowest BCUT2D eigenvalue weighted by Crippen LogP contribution is -2.46. The van der Waals surface area contributed by atoms with E-state index in [1.54, 1.807) is 0 Å². The number of nitrogens with one attached hydrogen (secondary N) is 2. The van der Waals surface area contributed by atoms with E-state index in [0.717, 1.165) is 0 Å². The minimum Gasteiger partial charge on any atom is -0.352 e. The second-order valence-electron chi connectivity index (χ2n) is 6.97. The number of amides is 1. The van der Waals surface area contributed by atoms with Gasteiger partial charge in [0.2, 0.25) is 5.91 Å².